The van der Waals surface area contributed by atoms with Crippen molar-refractivity contribution in [2.24, 2.45) is 51.8 Å². The second kappa shape index (κ2) is 10.7. The Bertz CT molecular complexity index is 727. The molecule has 0 bridgehead atoms. The van der Waals surface area contributed by atoms with E-state index in [0.717, 1.165) is 54.8 Å². The third-order valence-electron chi connectivity index (χ3n) is 12.6. The van der Waals surface area contributed by atoms with Crippen molar-refractivity contribution in [2.75, 3.05) is 0 Å². The first kappa shape index (κ1) is 27.5. The molecule has 0 aromatic rings. The van der Waals surface area contributed by atoms with Crippen LogP contribution in [-0.4, -0.2) is 12.1 Å². The third-order valence-corrected chi connectivity index (χ3v) is 12.6. The van der Waals surface area contributed by atoms with Crippen LogP contribution in [0.2, 0.25) is 0 Å². The van der Waals surface area contributed by atoms with Crippen molar-refractivity contribution in [3.8, 4) is 0 Å². The summed E-state index contributed by atoms with van der Waals surface area (Å²) in [6, 6.07) is 0. The topological polar surface area (TPSA) is 26.3 Å². The Morgan fingerprint density at radius 3 is 2.34 bits per heavy atom. The maximum absolute atomic E-state index is 12.8. The molecular weight excluding hydrogens is 428 g/mol. The SMILES string of the molecule is CCCCCCC(C)C1CCC2C3CCC4CC(OC(=O)C(C)(C)CC)CCC4(C)C3CCC12C. The molecule has 4 saturated carbocycles. The van der Waals surface area contributed by atoms with Crippen LogP contribution in [0.4, 0.5) is 0 Å². The first-order valence-corrected chi connectivity index (χ1v) is 15.8. The molecule has 4 fully saturated rings. The standard InChI is InChI=1S/C33H58O2/c1-8-10-11-12-13-23(3)27-16-17-28-26-15-14-24-22-25(35-30(34)31(4,5)9-2)18-20-32(24,6)29(26)19-21-33(27,28)7/h23-29H,8-22H2,1-7H3. The van der Waals surface area contributed by atoms with E-state index < -0.39 is 0 Å². The number of carbonyl (C=O) groups is 1. The van der Waals surface area contributed by atoms with Crippen molar-refractivity contribution in [2.45, 2.75) is 151 Å². The summed E-state index contributed by atoms with van der Waals surface area (Å²) in [6.45, 7) is 16.4. The first-order valence-electron chi connectivity index (χ1n) is 15.8. The third kappa shape index (κ3) is 5.12. The van der Waals surface area contributed by atoms with Gasteiger partial charge in [-0.1, -0.05) is 66.7 Å². The van der Waals surface area contributed by atoms with Gasteiger partial charge in [0.15, 0.2) is 0 Å². The molecule has 0 saturated heterocycles. The van der Waals surface area contributed by atoms with Crippen LogP contribution in [0.25, 0.3) is 0 Å². The summed E-state index contributed by atoms with van der Waals surface area (Å²) in [6.07, 6.45) is 20.3. The van der Waals surface area contributed by atoms with Crippen molar-refractivity contribution >= 4 is 5.97 Å². The van der Waals surface area contributed by atoms with Gasteiger partial charge >= 0.3 is 5.97 Å². The molecule has 9 atom stereocenters. The summed E-state index contributed by atoms with van der Waals surface area (Å²) in [7, 11) is 0. The minimum absolute atomic E-state index is 0.0246. The second-order valence-corrected chi connectivity index (χ2v) is 14.8. The zero-order chi connectivity index (χ0) is 25.4. The lowest BCUT2D eigenvalue weighted by molar-refractivity contribution is -0.171. The van der Waals surface area contributed by atoms with Crippen LogP contribution in [0.5, 0.6) is 0 Å². The highest BCUT2D eigenvalue weighted by Gasteiger charge is 2.60. The molecule has 0 aliphatic heterocycles. The summed E-state index contributed by atoms with van der Waals surface area (Å²) in [4.78, 5) is 12.8. The minimum Gasteiger partial charge on any atom is -0.462 e. The summed E-state index contributed by atoms with van der Waals surface area (Å²) >= 11 is 0. The average Bonchev–Trinajstić information content (AvgIpc) is 3.19. The molecule has 0 aromatic heterocycles. The van der Waals surface area contributed by atoms with E-state index in [0.29, 0.717) is 10.8 Å². The van der Waals surface area contributed by atoms with E-state index in [4.69, 9.17) is 4.74 Å². The van der Waals surface area contributed by atoms with Crippen LogP contribution in [0, 0.1) is 51.8 Å². The molecule has 9 unspecified atom stereocenters. The lowest BCUT2D eigenvalue weighted by Crippen LogP contribution is -2.54. The van der Waals surface area contributed by atoms with Gasteiger partial charge in [0, 0.05) is 0 Å². The largest absolute Gasteiger partial charge is 0.462 e. The minimum atomic E-state index is -0.349. The van der Waals surface area contributed by atoms with Gasteiger partial charge in [-0.05, 0) is 124 Å². The number of esters is 1. The van der Waals surface area contributed by atoms with Crippen molar-refractivity contribution in [1.29, 1.82) is 0 Å². The molecule has 2 heteroatoms. The van der Waals surface area contributed by atoms with Gasteiger partial charge in [0.05, 0.1) is 5.41 Å². The number of fused-ring (bicyclic) bond motifs is 5. The van der Waals surface area contributed by atoms with Crippen LogP contribution in [0.1, 0.15) is 145 Å². The van der Waals surface area contributed by atoms with E-state index in [1.165, 1.54) is 77.0 Å². The maximum atomic E-state index is 12.8. The van der Waals surface area contributed by atoms with Crippen LogP contribution >= 0.6 is 0 Å². The van der Waals surface area contributed by atoms with Crippen molar-refractivity contribution in [3.05, 3.63) is 0 Å². The van der Waals surface area contributed by atoms with Crippen molar-refractivity contribution < 1.29 is 9.53 Å². The second-order valence-electron chi connectivity index (χ2n) is 14.8. The summed E-state index contributed by atoms with van der Waals surface area (Å²) < 4.78 is 6.11. The number of hydrogen-bond acceptors (Lipinski definition) is 2. The Morgan fingerprint density at radius 1 is 0.914 bits per heavy atom. The molecule has 2 nitrogen and oxygen atoms in total. The molecule has 202 valence electrons. The predicted molar refractivity (Wildman–Crippen MR) is 147 cm³/mol. The zero-order valence-corrected chi connectivity index (χ0v) is 24.5. The smallest absolute Gasteiger partial charge is 0.311 e. The van der Waals surface area contributed by atoms with Crippen molar-refractivity contribution in [3.63, 3.8) is 0 Å². The highest BCUT2D eigenvalue weighted by atomic mass is 16.5. The number of ether oxygens (including phenoxy) is 1. The van der Waals surface area contributed by atoms with E-state index in [9.17, 15) is 4.79 Å². The number of unbranched alkanes of at least 4 members (excludes halogenated alkanes) is 3. The van der Waals surface area contributed by atoms with Gasteiger partial charge in [0.2, 0.25) is 0 Å². The molecule has 4 aliphatic rings. The number of rotatable bonds is 9. The van der Waals surface area contributed by atoms with E-state index in [1.807, 2.05) is 13.8 Å². The Hall–Kier alpha value is -0.530. The highest BCUT2D eigenvalue weighted by Crippen LogP contribution is 2.68. The number of carbonyl (C=O) groups excluding carboxylic acids is 1. The molecule has 35 heavy (non-hydrogen) atoms. The fourth-order valence-corrected chi connectivity index (χ4v) is 9.85. The molecule has 0 aromatic carbocycles. The highest BCUT2D eigenvalue weighted by molar-refractivity contribution is 5.76. The lowest BCUT2D eigenvalue weighted by Gasteiger charge is -2.61. The van der Waals surface area contributed by atoms with Gasteiger partial charge in [-0.25, -0.2) is 0 Å². The monoisotopic (exact) mass is 486 g/mol. The van der Waals surface area contributed by atoms with Gasteiger partial charge in [0.25, 0.3) is 0 Å². The maximum Gasteiger partial charge on any atom is 0.311 e. The summed E-state index contributed by atoms with van der Waals surface area (Å²) in [5, 5.41) is 0. The van der Waals surface area contributed by atoms with Crippen LogP contribution in [0.3, 0.4) is 0 Å². The first-order chi connectivity index (χ1) is 16.6. The van der Waals surface area contributed by atoms with E-state index in [2.05, 4.69) is 34.6 Å². The molecule has 0 radical (unpaired) electrons. The Balaban J connectivity index is 1.39. The van der Waals surface area contributed by atoms with Crippen LogP contribution in [0.15, 0.2) is 0 Å². The zero-order valence-electron chi connectivity index (χ0n) is 24.5. The molecule has 0 heterocycles. The van der Waals surface area contributed by atoms with E-state index in [-0.39, 0.29) is 17.5 Å². The molecule has 0 amide bonds. The quantitative estimate of drug-likeness (QED) is 0.239. The lowest BCUT2D eigenvalue weighted by atomic mass is 9.44. The predicted octanol–water partition coefficient (Wildman–Crippen LogP) is 9.60. The molecular formula is C33H58O2. The fraction of sp³-hybridized carbons (Fsp3) is 0.970. The molecule has 0 spiro atoms. The van der Waals surface area contributed by atoms with Gasteiger partial charge in [-0.3, -0.25) is 4.79 Å². The average molecular weight is 487 g/mol. The van der Waals surface area contributed by atoms with Crippen LogP contribution in [-0.2, 0) is 9.53 Å². The normalized spacial score (nSPS) is 42.0. The summed E-state index contributed by atoms with van der Waals surface area (Å²) in [5.41, 5.74) is 0.711. The van der Waals surface area contributed by atoms with Crippen molar-refractivity contribution in [1.82, 2.24) is 0 Å². The van der Waals surface area contributed by atoms with Gasteiger partial charge in [-0.2, -0.15) is 0 Å². The van der Waals surface area contributed by atoms with E-state index in [1.54, 1.807) is 0 Å². The number of hydrogen-bond donors (Lipinski definition) is 0. The fourth-order valence-electron chi connectivity index (χ4n) is 9.85. The molecule has 4 rings (SSSR count). The molecule has 4 aliphatic carbocycles. The molecule has 0 N–H and O–H groups in total. The summed E-state index contributed by atoms with van der Waals surface area (Å²) in [5.74, 6) is 5.45. The van der Waals surface area contributed by atoms with E-state index >= 15 is 0 Å². The Labute approximate surface area is 218 Å². The Morgan fingerprint density at radius 2 is 1.63 bits per heavy atom. The van der Waals surface area contributed by atoms with Crippen LogP contribution < -0.4 is 0 Å². The van der Waals surface area contributed by atoms with Gasteiger partial charge in [0.1, 0.15) is 6.10 Å². The van der Waals surface area contributed by atoms with Gasteiger partial charge < -0.3 is 4.74 Å². The van der Waals surface area contributed by atoms with Gasteiger partial charge in [-0.15, -0.1) is 0 Å². The Kier molecular flexibility index (Phi) is 8.40.